The zero-order valence-corrected chi connectivity index (χ0v) is 19.3. The predicted molar refractivity (Wildman–Crippen MR) is 123 cm³/mol. The van der Waals surface area contributed by atoms with E-state index in [1.807, 2.05) is 12.2 Å². The van der Waals surface area contributed by atoms with E-state index in [4.69, 9.17) is 23.2 Å². The summed E-state index contributed by atoms with van der Waals surface area (Å²) in [6.45, 7) is -0.235. The van der Waals surface area contributed by atoms with Crippen LogP contribution in [0.15, 0.2) is 41.5 Å². The lowest BCUT2D eigenvalue weighted by atomic mass is 9.62. The summed E-state index contributed by atoms with van der Waals surface area (Å²) in [5, 5.41) is 24.0. The van der Waals surface area contributed by atoms with Crippen LogP contribution in [0.3, 0.4) is 0 Å². The molecule has 1 spiro atoms. The van der Waals surface area contributed by atoms with Crippen molar-refractivity contribution in [2.75, 3.05) is 20.4 Å². The molecule has 1 saturated heterocycles. The zero-order chi connectivity index (χ0) is 22.2. The second kappa shape index (κ2) is 9.50. The number of hydrogen-bond donors (Lipinski definition) is 3. The Balaban J connectivity index is 1.88. The number of rotatable bonds is 5. The zero-order valence-electron chi connectivity index (χ0n) is 17.8. The molecule has 1 heterocycles. The third kappa shape index (κ3) is 3.98. The van der Waals surface area contributed by atoms with Crippen LogP contribution in [-0.2, 0) is 0 Å². The molecule has 2 aliphatic carbocycles. The summed E-state index contributed by atoms with van der Waals surface area (Å²) in [5.74, 6) is -0.645. The largest absolute Gasteiger partial charge is 0.395 e. The van der Waals surface area contributed by atoms with Gasteiger partial charge in [0.1, 0.15) is 5.82 Å². The van der Waals surface area contributed by atoms with E-state index in [1.54, 1.807) is 18.2 Å². The Bertz CT molecular complexity index is 856. The highest BCUT2D eigenvalue weighted by molar-refractivity contribution is 6.31. The van der Waals surface area contributed by atoms with E-state index in [2.05, 4.69) is 23.3 Å². The maximum absolute atomic E-state index is 15.4. The molecule has 2 fully saturated rings. The Kier molecular flexibility index (Phi) is 7.11. The Hall–Kier alpha value is -0.950. The molecular formula is C24H31Cl2FN2O2. The van der Waals surface area contributed by atoms with E-state index in [1.165, 1.54) is 6.42 Å². The van der Waals surface area contributed by atoms with Gasteiger partial charge in [0.2, 0.25) is 0 Å². The van der Waals surface area contributed by atoms with Crippen LogP contribution in [0.25, 0.3) is 0 Å². The van der Waals surface area contributed by atoms with Gasteiger partial charge in [0.05, 0.1) is 18.4 Å². The number of benzene rings is 1. The fourth-order valence-electron chi connectivity index (χ4n) is 6.55. The number of aliphatic hydroxyl groups is 2. The van der Waals surface area contributed by atoms with Crippen molar-refractivity contribution >= 4 is 23.2 Å². The number of halogens is 3. The van der Waals surface area contributed by atoms with E-state index in [-0.39, 0.29) is 53.7 Å². The minimum Gasteiger partial charge on any atom is -0.395 e. The highest BCUT2D eigenvalue weighted by atomic mass is 35.5. The van der Waals surface area contributed by atoms with Crippen molar-refractivity contribution in [2.24, 2.45) is 11.8 Å². The molecule has 31 heavy (non-hydrogen) atoms. The van der Waals surface area contributed by atoms with Gasteiger partial charge in [0.15, 0.2) is 0 Å². The molecule has 170 valence electrons. The molecule has 2 unspecified atom stereocenters. The standard InChI is InChI=1S/C24H31Cl2FN2O2/c1-29-20(13-30)21(17-6-5-7-18(26)23(17)27)22(24(29)10-3-2-4-11-24)16-9-8-15(25)12-19(16)28-14-31/h5-9,12,16,19-22,28,30-31H,2-4,10-11,13-14H2,1H3/t16-,19?,20-,21?,22+/m0/s1. The molecular weight excluding hydrogens is 438 g/mol. The van der Waals surface area contributed by atoms with Crippen LogP contribution in [0.2, 0.25) is 5.02 Å². The van der Waals surface area contributed by atoms with Crippen LogP contribution in [0.4, 0.5) is 4.39 Å². The van der Waals surface area contributed by atoms with Crippen LogP contribution in [0, 0.1) is 17.7 Å². The molecule has 3 N–H and O–H groups in total. The van der Waals surface area contributed by atoms with E-state index < -0.39 is 5.82 Å². The fraction of sp³-hybridized carbons (Fsp3) is 0.583. The fourth-order valence-corrected chi connectivity index (χ4v) is 6.94. The van der Waals surface area contributed by atoms with Gasteiger partial charge in [0, 0.05) is 34.5 Å². The predicted octanol–water partition coefficient (Wildman–Crippen LogP) is 4.40. The van der Waals surface area contributed by atoms with E-state index in [0.717, 1.165) is 25.7 Å². The van der Waals surface area contributed by atoms with Gasteiger partial charge in [-0.3, -0.25) is 10.2 Å². The maximum atomic E-state index is 15.4. The minimum absolute atomic E-state index is 0.0178. The molecule has 4 rings (SSSR count). The van der Waals surface area contributed by atoms with Crippen molar-refractivity contribution in [1.29, 1.82) is 0 Å². The third-order valence-corrected chi connectivity index (χ3v) is 8.39. The molecule has 0 radical (unpaired) electrons. The smallest absolute Gasteiger partial charge is 0.145 e. The summed E-state index contributed by atoms with van der Waals surface area (Å²) in [6.07, 6.45) is 11.3. The van der Waals surface area contributed by atoms with Gasteiger partial charge < -0.3 is 10.2 Å². The highest BCUT2D eigenvalue weighted by Crippen LogP contribution is 2.58. The topological polar surface area (TPSA) is 55.7 Å². The van der Waals surface area contributed by atoms with Gasteiger partial charge in [-0.1, -0.05) is 60.7 Å². The Morgan fingerprint density at radius 1 is 1.19 bits per heavy atom. The number of allylic oxidation sites excluding steroid dienone is 2. The Morgan fingerprint density at radius 2 is 1.94 bits per heavy atom. The molecule has 1 aromatic rings. The molecule has 0 bridgehead atoms. The molecule has 4 nitrogen and oxygen atoms in total. The first-order valence-corrected chi connectivity index (χ1v) is 11.9. The van der Waals surface area contributed by atoms with Crippen molar-refractivity contribution in [3.05, 3.63) is 57.9 Å². The normalized spacial score (nSPS) is 33.1. The highest BCUT2D eigenvalue weighted by Gasteiger charge is 2.60. The van der Waals surface area contributed by atoms with Crippen LogP contribution < -0.4 is 5.32 Å². The second-order valence-electron chi connectivity index (χ2n) is 9.10. The van der Waals surface area contributed by atoms with Crippen LogP contribution in [0.5, 0.6) is 0 Å². The average Bonchev–Trinajstić information content (AvgIpc) is 2.99. The molecule has 1 saturated carbocycles. The van der Waals surface area contributed by atoms with Crippen LogP contribution in [-0.4, -0.2) is 53.1 Å². The lowest BCUT2D eigenvalue weighted by Gasteiger charge is -2.48. The van der Waals surface area contributed by atoms with E-state index >= 15 is 4.39 Å². The van der Waals surface area contributed by atoms with Crippen molar-refractivity contribution in [2.45, 2.75) is 55.6 Å². The SMILES string of the molecule is CN1[C@@H](CO)C(c2cccc(Cl)c2F)[C@@H]([C@H]2C=CC(Cl)=CC2NCO)C12CCCCC2. The number of likely N-dealkylation sites (N-methyl/N-ethyl adjacent to an activating group) is 1. The van der Waals surface area contributed by atoms with Gasteiger partial charge in [-0.15, -0.1) is 0 Å². The summed E-state index contributed by atoms with van der Waals surface area (Å²) < 4.78 is 15.4. The molecule has 7 heteroatoms. The average molecular weight is 469 g/mol. The van der Waals surface area contributed by atoms with Crippen LogP contribution in [0.1, 0.15) is 43.6 Å². The van der Waals surface area contributed by atoms with Gasteiger partial charge in [0.25, 0.3) is 0 Å². The lowest BCUT2D eigenvalue weighted by molar-refractivity contribution is 0.0311. The Morgan fingerprint density at radius 3 is 2.61 bits per heavy atom. The van der Waals surface area contributed by atoms with Crippen molar-refractivity contribution in [3.8, 4) is 0 Å². The van der Waals surface area contributed by atoms with Gasteiger partial charge >= 0.3 is 0 Å². The number of hydrogen-bond acceptors (Lipinski definition) is 4. The molecule has 3 aliphatic rings. The summed E-state index contributed by atoms with van der Waals surface area (Å²) in [7, 11) is 2.07. The van der Waals surface area contributed by atoms with Crippen molar-refractivity contribution < 1.29 is 14.6 Å². The third-order valence-electron chi connectivity index (χ3n) is 7.84. The molecule has 0 aromatic heterocycles. The molecule has 1 aromatic carbocycles. The minimum atomic E-state index is -0.404. The van der Waals surface area contributed by atoms with Gasteiger partial charge in [-0.2, -0.15) is 0 Å². The first kappa shape index (κ1) is 23.2. The van der Waals surface area contributed by atoms with Crippen molar-refractivity contribution in [1.82, 2.24) is 10.2 Å². The summed E-state index contributed by atoms with van der Waals surface area (Å²) in [4.78, 5) is 2.31. The first-order valence-electron chi connectivity index (χ1n) is 11.1. The first-order chi connectivity index (χ1) is 14.9. The Labute approximate surface area is 193 Å². The number of likely N-dealkylation sites (tertiary alicyclic amines) is 1. The molecule has 0 amide bonds. The summed E-state index contributed by atoms with van der Waals surface area (Å²) >= 11 is 12.5. The van der Waals surface area contributed by atoms with Gasteiger partial charge in [-0.25, -0.2) is 4.39 Å². The summed E-state index contributed by atoms with van der Waals surface area (Å²) in [5.41, 5.74) is 0.385. The molecule has 1 aliphatic heterocycles. The maximum Gasteiger partial charge on any atom is 0.145 e. The van der Waals surface area contributed by atoms with E-state index in [9.17, 15) is 10.2 Å². The van der Waals surface area contributed by atoms with E-state index in [0.29, 0.717) is 10.6 Å². The molecule has 5 atom stereocenters. The number of aliphatic hydroxyl groups excluding tert-OH is 2. The number of nitrogens with one attached hydrogen (secondary N) is 1. The lowest BCUT2D eigenvalue weighted by Crippen LogP contribution is -2.54. The second-order valence-corrected chi connectivity index (χ2v) is 9.94. The quantitative estimate of drug-likeness (QED) is 0.560. The van der Waals surface area contributed by atoms with Gasteiger partial charge in [-0.05, 0) is 49.6 Å². The monoisotopic (exact) mass is 468 g/mol. The van der Waals surface area contributed by atoms with Crippen molar-refractivity contribution in [3.63, 3.8) is 0 Å². The number of nitrogens with zero attached hydrogens (tertiary/aromatic N) is 1. The summed E-state index contributed by atoms with van der Waals surface area (Å²) in [6, 6.07) is 4.76. The van der Waals surface area contributed by atoms with Crippen LogP contribution >= 0.6 is 23.2 Å².